The molecule has 0 aliphatic heterocycles. The van der Waals surface area contributed by atoms with Gasteiger partial charge in [-0.2, -0.15) is 5.10 Å². The van der Waals surface area contributed by atoms with Crippen LogP contribution in [0.5, 0.6) is 0 Å². The van der Waals surface area contributed by atoms with Crippen LogP contribution in [0, 0.1) is 12.3 Å². The largest absolute Gasteiger partial charge is 0.391 e. The Labute approximate surface area is 118 Å². The van der Waals surface area contributed by atoms with Crippen LogP contribution in [0.1, 0.15) is 36.8 Å². The van der Waals surface area contributed by atoms with Crippen molar-refractivity contribution in [2.75, 3.05) is 6.54 Å². The van der Waals surface area contributed by atoms with Crippen molar-refractivity contribution in [3.63, 3.8) is 0 Å². The number of nitrogens with one attached hydrogen (secondary N) is 2. The van der Waals surface area contributed by atoms with Gasteiger partial charge in [-0.3, -0.25) is 9.89 Å². The number of H-pyrrole nitrogens is 1. The third kappa shape index (κ3) is 2.99. The van der Waals surface area contributed by atoms with Crippen LogP contribution in [0.2, 0.25) is 0 Å². The van der Waals surface area contributed by atoms with Crippen LogP contribution in [0.4, 0.5) is 0 Å². The maximum absolute atomic E-state index is 12.2. The van der Waals surface area contributed by atoms with E-state index in [4.69, 9.17) is 0 Å². The summed E-state index contributed by atoms with van der Waals surface area (Å²) in [7, 11) is 0. The molecule has 20 heavy (non-hydrogen) atoms. The first-order chi connectivity index (χ1) is 9.29. The molecule has 0 spiro atoms. The van der Waals surface area contributed by atoms with Gasteiger partial charge in [-0.25, -0.2) is 0 Å². The minimum Gasteiger partial charge on any atom is -0.391 e. The topological polar surface area (TPSA) is 78.0 Å². The van der Waals surface area contributed by atoms with Crippen molar-refractivity contribution in [3.8, 4) is 0 Å². The summed E-state index contributed by atoms with van der Waals surface area (Å²) in [4.78, 5) is 12.2. The monoisotopic (exact) mass is 275 g/mol. The third-order valence-electron chi connectivity index (χ3n) is 3.39. The summed E-state index contributed by atoms with van der Waals surface area (Å²) in [5.41, 5.74) is 2.00. The molecule has 5 nitrogen and oxygen atoms in total. The number of aryl methyl sites for hydroxylation is 1. The Bertz CT molecular complexity index is 626. The molecule has 1 aromatic carbocycles. The molecule has 1 unspecified atom stereocenters. The number of rotatable bonds is 3. The highest BCUT2D eigenvalue weighted by Crippen LogP contribution is 2.19. The fourth-order valence-electron chi connectivity index (χ4n) is 1.88. The standard InChI is InChI=1S/C15H21N3O2/c1-9-5-6-11-10(7-9)13(18-17-11)14(20)16-8-12(19)15(2,3)4/h5-7,12,19H,8H2,1-4H3,(H,16,20)(H,17,18). The van der Waals surface area contributed by atoms with E-state index in [1.165, 1.54) is 0 Å². The van der Waals surface area contributed by atoms with Gasteiger partial charge in [0.25, 0.3) is 5.91 Å². The summed E-state index contributed by atoms with van der Waals surface area (Å²) in [5, 5.41) is 20.4. The zero-order valence-electron chi connectivity index (χ0n) is 12.3. The quantitative estimate of drug-likeness (QED) is 0.801. The van der Waals surface area contributed by atoms with Crippen LogP contribution in [-0.2, 0) is 0 Å². The fourth-order valence-corrected chi connectivity index (χ4v) is 1.88. The SMILES string of the molecule is Cc1ccc2[nH]nc(C(=O)NCC(O)C(C)(C)C)c2c1. The summed E-state index contributed by atoms with van der Waals surface area (Å²) in [6.07, 6.45) is -0.599. The van der Waals surface area contributed by atoms with Gasteiger partial charge < -0.3 is 10.4 Å². The zero-order chi connectivity index (χ0) is 14.9. The number of hydrogen-bond donors (Lipinski definition) is 3. The van der Waals surface area contributed by atoms with Gasteiger partial charge in [0.05, 0.1) is 11.6 Å². The molecule has 0 fully saturated rings. The number of benzene rings is 1. The van der Waals surface area contributed by atoms with Gasteiger partial charge in [0, 0.05) is 11.9 Å². The maximum Gasteiger partial charge on any atom is 0.272 e. The highest BCUT2D eigenvalue weighted by atomic mass is 16.3. The van der Waals surface area contributed by atoms with Crippen molar-refractivity contribution < 1.29 is 9.90 Å². The second-order valence-electron chi connectivity index (χ2n) is 6.21. The predicted molar refractivity (Wildman–Crippen MR) is 78.6 cm³/mol. The molecule has 2 rings (SSSR count). The van der Waals surface area contributed by atoms with E-state index < -0.39 is 6.10 Å². The number of carbonyl (C=O) groups is 1. The van der Waals surface area contributed by atoms with E-state index in [0.717, 1.165) is 16.5 Å². The van der Waals surface area contributed by atoms with Crippen molar-refractivity contribution in [3.05, 3.63) is 29.5 Å². The lowest BCUT2D eigenvalue weighted by atomic mass is 9.89. The zero-order valence-corrected chi connectivity index (χ0v) is 12.3. The molecular weight excluding hydrogens is 254 g/mol. The minimum absolute atomic E-state index is 0.211. The molecule has 1 aromatic heterocycles. The number of aromatic amines is 1. The predicted octanol–water partition coefficient (Wildman–Crippen LogP) is 2.01. The summed E-state index contributed by atoms with van der Waals surface area (Å²) in [6.45, 7) is 7.96. The Morgan fingerprint density at radius 2 is 2.15 bits per heavy atom. The number of aliphatic hydroxyl groups excluding tert-OH is 1. The molecule has 0 bridgehead atoms. The molecule has 5 heteroatoms. The molecule has 2 aromatic rings. The van der Waals surface area contributed by atoms with E-state index >= 15 is 0 Å². The average Bonchev–Trinajstić information content (AvgIpc) is 2.77. The summed E-state index contributed by atoms with van der Waals surface area (Å²) >= 11 is 0. The van der Waals surface area contributed by atoms with Gasteiger partial charge in [-0.05, 0) is 24.5 Å². The first kappa shape index (κ1) is 14.5. The van der Waals surface area contributed by atoms with Crippen molar-refractivity contribution in [2.45, 2.75) is 33.8 Å². The Morgan fingerprint density at radius 3 is 2.80 bits per heavy atom. The molecule has 0 aliphatic carbocycles. The smallest absolute Gasteiger partial charge is 0.272 e. The van der Waals surface area contributed by atoms with Gasteiger partial charge in [-0.1, -0.05) is 32.4 Å². The molecular formula is C15H21N3O2. The van der Waals surface area contributed by atoms with Crippen LogP contribution in [0.3, 0.4) is 0 Å². The number of carbonyl (C=O) groups excluding carboxylic acids is 1. The van der Waals surface area contributed by atoms with Gasteiger partial charge in [0.2, 0.25) is 0 Å². The van der Waals surface area contributed by atoms with Crippen LogP contribution >= 0.6 is 0 Å². The van der Waals surface area contributed by atoms with E-state index in [1.807, 2.05) is 45.9 Å². The van der Waals surface area contributed by atoms with Gasteiger partial charge >= 0.3 is 0 Å². The molecule has 1 heterocycles. The lowest BCUT2D eigenvalue weighted by Crippen LogP contribution is -2.39. The van der Waals surface area contributed by atoms with E-state index in [9.17, 15) is 9.90 Å². The van der Waals surface area contributed by atoms with E-state index in [1.54, 1.807) is 0 Å². The van der Waals surface area contributed by atoms with Crippen LogP contribution in [-0.4, -0.2) is 33.9 Å². The lowest BCUT2D eigenvalue weighted by Gasteiger charge is -2.25. The highest BCUT2D eigenvalue weighted by Gasteiger charge is 2.23. The number of nitrogens with zero attached hydrogens (tertiary/aromatic N) is 1. The second-order valence-corrected chi connectivity index (χ2v) is 6.21. The minimum atomic E-state index is -0.599. The number of fused-ring (bicyclic) bond motifs is 1. The number of amides is 1. The Hall–Kier alpha value is -1.88. The molecule has 1 atom stereocenters. The highest BCUT2D eigenvalue weighted by molar-refractivity contribution is 6.04. The third-order valence-corrected chi connectivity index (χ3v) is 3.39. The Balaban J connectivity index is 2.14. The molecule has 3 N–H and O–H groups in total. The average molecular weight is 275 g/mol. The number of aliphatic hydroxyl groups is 1. The van der Waals surface area contributed by atoms with Crippen LogP contribution < -0.4 is 5.32 Å². The molecule has 1 amide bonds. The Morgan fingerprint density at radius 1 is 1.45 bits per heavy atom. The summed E-state index contributed by atoms with van der Waals surface area (Å²) in [5.74, 6) is -0.273. The van der Waals surface area contributed by atoms with Gasteiger partial charge in [0.1, 0.15) is 0 Å². The van der Waals surface area contributed by atoms with Gasteiger partial charge in [0.15, 0.2) is 5.69 Å². The van der Waals surface area contributed by atoms with E-state index in [2.05, 4.69) is 15.5 Å². The van der Waals surface area contributed by atoms with Crippen molar-refractivity contribution >= 4 is 16.8 Å². The molecule has 0 saturated heterocycles. The molecule has 0 radical (unpaired) electrons. The molecule has 108 valence electrons. The normalized spacial score (nSPS) is 13.4. The van der Waals surface area contributed by atoms with Crippen molar-refractivity contribution in [2.24, 2.45) is 5.41 Å². The van der Waals surface area contributed by atoms with E-state index in [0.29, 0.717) is 5.69 Å². The number of aromatic nitrogens is 2. The lowest BCUT2D eigenvalue weighted by molar-refractivity contribution is 0.0586. The molecule has 0 saturated carbocycles. The maximum atomic E-state index is 12.2. The van der Waals surface area contributed by atoms with Crippen molar-refractivity contribution in [1.29, 1.82) is 0 Å². The first-order valence-corrected chi connectivity index (χ1v) is 6.70. The molecule has 0 aliphatic rings. The van der Waals surface area contributed by atoms with E-state index in [-0.39, 0.29) is 17.9 Å². The summed E-state index contributed by atoms with van der Waals surface area (Å²) < 4.78 is 0. The van der Waals surface area contributed by atoms with Crippen LogP contribution in [0.15, 0.2) is 18.2 Å². The fraction of sp³-hybridized carbons (Fsp3) is 0.467. The van der Waals surface area contributed by atoms with Gasteiger partial charge in [-0.15, -0.1) is 0 Å². The second kappa shape index (κ2) is 5.25. The van der Waals surface area contributed by atoms with Crippen LogP contribution in [0.25, 0.3) is 10.9 Å². The summed E-state index contributed by atoms with van der Waals surface area (Å²) in [6, 6.07) is 5.79. The Kier molecular flexibility index (Phi) is 3.81. The van der Waals surface area contributed by atoms with Crippen molar-refractivity contribution in [1.82, 2.24) is 15.5 Å². The number of hydrogen-bond acceptors (Lipinski definition) is 3. The first-order valence-electron chi connectivity index (χ1n) is 6.70.